The van der Waals surface area contributed by atoms with Gasteiger partial charge in [0.2, 0.25) is 5.91 Å². The van der Waals surface area contributed by atoms with Gasteiger partial charge >= 0.3 is 0 Å². The molecule has 4 rings (SSSR count). The Balaban J connectivity index is 1.67. The molecule has 0 aliphatic carbocycles. The molecule has 1 N–H and O–H groups in total. The highest BCUT2D eigenvalue weighted by Crippen LogP contribution is 2.27. The van der Waals surface area contributed by atoms with Crippen LogP contribution in [0.2, 0.25) is 0 Å². The van der Waals surface area contributed by atoms with Gasteiger partial charge in [-0.3, -0.25) is 29.4 Å². The molecule has 0 radical (unpaired) electrons. The van der Waals surface area contributed by atoms with E-state index in [1.54, 1.807) is 54.6 Å². The lowest BCUT2D eigenvalue weighted by Crippen LogP contribution is -2.48. The van der Waals surface area contributed by atoms with Crippen LogP contribution in [-0.4, -0.2) is 33.6 Å². The zero-order chi connectivity index (χ0) is 22.0. The van der Waals surface area contributed by atoms with Gasteiger partial charge in [-0.15, -0.1) is 0 Å². The molecule has 3 aromatic rings. The Morgan fingerprint density at radius 2 is 1.42 bits per heavy atom. The van der Waals surface area contributed by atoms with E-state index in [1.807, 2.05) is 0 Å². The van der Waals surface area contributed by atoms with Crippen molar-refractivity contribution < 1.29 is 19.3 Å². The number of amides is 3. The van der Waals surface area contributed by atoms with Crippen LogP contribution in [0.15, 0.2) is 78.9 Å². The molecule has 0 saturated carbocycles. The molecule has 1 heterocycles. The van der Waals surface area contributed by atoms with Gasteiger partial charge in [0.1, 0.15) is 6.04 Å². The number of benzene rings is 3. The molecule has 1 atom stereocenters. The molecule has 0 aromatic heterocycles. The average molecular weight is 415 g/mol. The van der Waals surface area contributed by atoms with E-state index in [9.17, 15) is 24.5 Å². The second kappa shape index (κ2) is 8.19. The molecular weight excluding hydrogens is 398 g/mol. The number of fused-ring (bicyclic) bond motifs is 1. The number of non-ortho nitro benzene ring substituents is 1. The van der Waals surface area contributed by atoms with Gasteiger partial charge < -0.3 is 5.32 Å². The Bertz CT molecular complexity index is 1140. The summed E-state index contributed by atoms with van der Waals surface area (Å²) in [5, 5.41) is 13.7. The van der Waals surface area contributed by atoms with Crippen molar-refractivity contribution >= 4 is 29.1 Å². The molecule has 3 amide bonds. The van der Waals surface area contributed by atoms with E-state index in [4.69, 9.17) is 0 Å². The highest BCUT2D eigenvalue weighted by molar-refractivity contribution is 6.23. The van der Waals surface area contributed by atoms with E-state index in [2.05, 4.69) is 5.32 Å². The standard InChI is InChI=1S/C23H17N3O5/c27-21(24-16-6-2-1-3-7-16)20(14-15-10-12-17(13-11-15)26(30)31)25-22(28)18-8-4-5-9-19(18)23(25)29/h1-13,20H,14H2,(H,24,27). The zero-order valence-corrected chi connectivity index (χ0v) is 16.2. The third-order valence-corrected chi connectivity index (χ3v) is 5.06. The SMILES string of the molecule is O=C(Nc1ccccc1)C(Cc1ccc([N+](=O)[O-])cc1)N1C(=O)c2ccccc2C1=O. The monoisotopic (exact) mass is 415 g/mol. The summed E-state index contributed by atoms with van der Waals surface area (Å²) in [5.74, 6) is -1.62. The number of nitrogens with one attached hydrogen (secondary N) is 1. The van der Waals surface area contributed by atoms with Crippen LogP contribution in [0.4, 0.5) is 11.4 Å². The Hall–Kier alpha value is -4.33. The minimum Gasteiger partial charge on any atom is -0.324 e. The molecule has 154 valence electrons. The minimum absolute atomic E-state index is 0.0160. The molecule has 1 aliphatic rings. The number of para-hydroxylation sites is 1. The number of nitro groups is 1. The molecule has 8 heteroatoms. The van der Waals surface area contributed by atoms with Crippen molar-refractivity contribution in [3.63, 3.8) is 0 Å². The molecule has 1 unspecified atom stereocenters. The number of imide groups is 1. The van der Waals surface area contributed by atoms with Gasteiger partial charge in [-0.05, 0) is 29.8 Å². The summed E-state index contributed by atoms with van der Waals surface area (Å²) >= 11 is 0. The van der Waals surface area contributed by atoms with E-state index in [1.165, 1.54) is 24.3 Å². The first-order valence-electron chi connectivity index (χ1n) is 9.52. The van der Waals surface area contributed by atoms with Gasteiger partial charge in [0.15, 0.2) is 0 Å². The largest absolute Gasteiger partial charge is 0.324 e. The van der Waals surface area contributed by atoms with Gasteiger partial charge in [0.25, 0.3) is 17.5 Å². The maximum Gasteiger partial charge on any atom is 0.269 e. The topological polar surface area (TPSA) is 110 Å². The van der Waals surface area contributed by atoms with Crippen LogP contribution < -0.4 is 5.32 Å². The van der Waals surface area contributed by atoms with E-state index < -0.39 is 28.7 Å². The summed E-state index contributed by atoms with van der Waals surface area (Å²) in [6.45, 7) is 0. The number of carbonyl (C=O) groups excluding carboxylic acids is 3. The summed E-state index contributed by atoms with van der Waals surface area (Å²) < 4.78 is 0. The van der Waals surface area contributed by atoms with Gasteiger partial charge in [-0.2, -0.15) is 0 Å². The van der Waals surface area contributed by atoms with Gasteiger partial charge in [-0.25, -0.2) is 0 Å². The number of nitro benzene ring substituents is 1. The summed E-state index contributed by atoms with van der Waals surface area (Å²) in [6, 6.07) is 19.7. The fraction of sp³-hybridized carbons (Fsp3) is 0.0870. The van der Waals surface area contributed by atoms with Crippen LogP contribution in [0.3, 0.4) is 0 Å². The van der Waals surface area contributed by atoms with E-state index in [0.717, 1.165) is 4.90 Å². The van der Waals surface area contributed by atoms with Gasteiger partial charge in [0.05, 0.1) is 16.1 Å². The number of hydrogen-bond acceptors (Lipinski definition) is 5. The van der Waals surface area contributed by atoms with Gasteiger partial charge in [-0.1, -0.05) is 42.5 Å². The Kier molecular flexibility index (Phi) is 5.28. The molecule has 0 fully saturated rings. The lowest BCUT2D eigenvalue weighted by molar-refractivity contribution is -0.384. The Labute approximate surface area is 177 Å². The van der Waals surface area contributed by atoms with Crippen LogP contribution in [-0.2, 0) is 11.2 Å². The Morgan fingerprint density at radius 3 is 1.97 bits per heavy atom. The fourth-order valence-electron chi connectivity index (χ4n) is 3.52. The summed E-state index contributed by atoms with van der Waals surface area (Å²) in [6.07, 6.45) is 0.0160. The van der Waals surface area contributed by atoms with Crippen molar-refractivity contribution in [2.24, 2.45) is 0 Å². The molecule has 0 bridgehead atoms. The Morgan fingerprint density at radius 1 is 0.871 bits per heavy atom. The smallest absolute Gasteiger partial charge is 0.269 e. The van der Waals surface area contributed by atoms with E-state index in [-0.39, 0.29) is 23.2 Å². The number of anilines is 1. The summed E-state index contributed by atoms with van der Waals surface area (Å²) in [4.78, 5) is 50.5. The first kappa shape index (κ1) is 20.0. The highest BCUT2D eigenvalue weighted by Gasteiger charge is 2.42. The normalized spacial score (nSPS) is 13.6. The van der Waals surface area contributed by atoms with Crippen molar-refractivity contribution in [1.29, 1.82) is 0 Å². The van der Waals surface area contributed by atoms with E-state index in [0.29, 0.717) is 11.3 Å². The zero-order valence-electron chi connectivity index (χ0n) is 16.2. The third-order valence-electron chi connectivity index (χ3n) is 5.06. The van der Waals surface area contributed by atoms with Gasteiger partial charge in [0, 0.05) is 24.2 Å². The quantitative estimate of drug-likeness (QED) is 0.377. The van der Waals surface area contributed by atoms with E-state index >= 15 is 0 Å². The van der Waals surface area contributed by atoms with Crippen molar-refractivity contribution in [2.75, 3.05) is 5.32 Å². The van der Waals surface area contributed by atoms with Crippen molar-refractivity contribution in [2.45, 2.75) is 12.5 Å². The predicted octanol–water partition coefficient (Wildman–Crippen LogP) is 3.44. The molecule has 31 heavy (non-hydrogen) atoms. The number of nitrogens with zero attached hydrogens (tertiary/aromatic N) is 2. The van der Waals surface area contributed by atoms with Crippen LogP contribution >= 0.6 is 0 Å². The molecule has 1 aliphatic heterocycles. The van der Waals surface area contributed by atoms with Crippen LogP contribution in [0.5, 0.6) is 0 Å². The molecular formula is C23H17N3O5. The first-order chi connectivity index (χ1) is 15.0. The number of hydrogen-bond donors (Lipinski definition) is 1. The third kappa shape index (κ3) is 3.91. The van der Waals surface area contributed by atoms with Crippen molar-refractivity contribution in [3.8, 4) is 0 Å². The average Bonchev–Trinajstić information content (AvgIpc) is 3.03. The lowest BCUT2D eigenvalue weighted by Gasteiger charge is -2.25. The number of rotatable bonds is 6. The van der Waals surface area contributed by atoms with Crippen LogP contribution in [0.25, 0.3) is 0 Å². The highest BCUT2D eigenvalue weighted by atomic mass is 16.6. The fourth-order valence-corrected chi connectivity index (χ4v) is 3.52. The lowest BCUT2D eigenvalue weighted by atomic mass is 10.0. The molecule has 0 spiro atoms. The predicted molar refractivity (Wildman–Crippen MR) is 113 cm³/mol. The summed E-state index contributed by atoms with van der Waals surface area (Å²) in [5.41, 5.74) is 1.50. The molecule has 3 aromatic carbocycles. The second-order valence-corrected chi connectivity index (χ2v) is 7.02. The second-order valence-electron chi connectivity index (χ2n) is 7.02. The molecule has 8 nitrogen and oxygen atoms in total. The van der Waals surface area contributed by atoms with Crippen LogP contribution in [0, 0.1) is 10.1 Å². The van der Waals surface area contributed by atoms with Crippen LogP contribution in [0.1, 0.15) is 26.3 Å². The minimum atomic E-state index is -1.13. The maximum atomic E-state index is 13.2. The molecule has 0 saturated heterocycles. The van der Waals surface area contributed by atoms with Crippen molar-refractivity contribution in [3.05, 3.63) is 106 Å². The number of carbonyl (C=O) groups is 3. The van der Waals surface area contributed by atoms with Crippen molar-refractivity contribution in [1.82, 2.24) is 4.90 Å². The summed E-state index contributed by atoms with van der Waals surface area (Å²) in [7, 11) is 0. The maximum absolute atomic E-state index is 13.2. The first-order valence-corrected chi connectivity index (χ1v) is 9.52.